The summed E-state index contributed by atoms with van der Waals surface area (Å²) in [5.74, 6) is 0.110. The summed E-state index contributed by atoms with van der Waals surface area (Å²) >= 11 is 0. The van der Waals surface area contributed by atoms with Gasteiger partial charge in [-0.15, -0.1) is 0 Å². The highest BCUT2D eigenvalue weighted by atomic mass is 16.2. The van der Waals surface area contributed by atoms with Gasteiger partial charge in [-0.25, -0.2) is 0 Å². The van der Waals surface area contributed by atoms with Crippen molar-refractivity contribution in [3.05, 3.63) is 29.8 Å². The zero-order valence-corrected chi connectivity index (χ0v) is 11.9. The third-order valence-corrected chi connectivity index (χ3v) is 3.95. The van der Waals surface area contributed by atoms with Gasteiger partial charge in [0.05, 0.1) is 18.2 Å². The Morgan fingerprint density at radius 3 is 2.85 bits per heavy atom. The summed E-state index contributed by atoms with van der Waals surface area (Å²) in [5, 5.41) is 11.9. The molecule has 0 heterocycles. The molecular weight excluding hydrogens is 250 g/mol. The maximum atomic E-state index is 12.2. The summed E-state index contributed by atoms with van der Waals surface area (Å²) in [4.78, 5) is 14.0. The molecule has 1 amide bonds. The van der Waals surface area contributed by atoms with Gasteiger partial charge >= 0.3 is 0 Å². The predicted octanol–water partition coefficient (Wildman–Crippen LogP) is 2.76. The molecule has 0 atom stereocenters. The maximum absolute atomic E-state index is 12.2. The van der Waals surface area contributed by atoms with Gasteiger partial charge in [-0.2, -0.15) is 5.26 Å². The fraction of sp³-hybridized carbons (Fsp3) is 0.500. The van der Waals surface area contributed by atoms with Crippen molar-refractivity contribution in [3.63, 3.8) is 0 Å². The van der Waals surface area contributed by atoms with E-state index in [1.54, 1.807) is 12.1 Å². The van der Waals surface area contributed by atoms with Gasteiger partial charge in [0.15, 0.2) is 0 Å². The van der Waals surface area contributed by atoms with Crippen molar-refractivity contribution in [1.82, 2.24) is 4.90 Å². The van der Waals surface area contributed by atoms with E-state index in [1.807, 2.05) is 24.1 Å². The highest BCUT2D eigenvalue weighted by Gasteiger charge is 2.21. The first-order valence-electron chi connectivity index (χ1n) is 7.20. The minimum atomic E-state index is 0.110. The van der Waals surface area contributed by atoms with Crippen LogP contribution in [-0.2, 0) is 4.79 Å². The lowest BCUT2D eigenvalue weighted by atomic mass is 9.94. The number of rotatable bonds is 4. The van der Waals surface area contributed by atoms with Gasteiger partial charge in [0.25, 0.3) is 0 Å². The Labute approximate surface area is 120 Å². The van der Waals surface area contributed by atoms with Crippen molar-refractivity contribution in [2.45, 2.75) is 38.1 Å². The van der Waals surface area contributed by atoms with E-state index in [0.29, 0.717) is 11.6 Å². The number of benzene rings is 1. The van der Waals surface area contributed by atoms with E-state index in [9.17, 15) is 4.79 Å². The van der Waals surface area contributed by atoms with E-state index in [4.69, 9.17) is 5.26 Å². The molecule has 1 N–H and O–H groups in total. The van der Waals surface area contributed by atoms with Crippen LogP contribution >= 0.6 is 0 Å². The first-order chi connectivity index (χ1) is 9.70. The van der Waals surface area contributed by atoms with Crippen molar-refractivity contribution >= 4 is 11.6 Å². The van der Waals surface area contributed by atoms with Crippen molar-refractivity contribution in [1.29, 1.82) is 5.26 Å². The highest BCUT2D eigenvalue weighted by Crippen LogP contribution is 2.21. The number of nitrogens with one attached hydrogen (secondary N) is 1. The van der Waals surface area contributed by atoms with Crippen LogP contribution in [0.15, 0.2) is 24.3 Å². The van der Waals surface area contributed by atoms with Crippen molar-refractivity contribution < 1.29 is 4.79 Å². The van der Waals surface area contributed by atoms with Gasteiger partial charge in [-0.3, -0.25) is 4.79 Å². The lowest BCUT2D eigenvalue weighted by Gasteiger charge is -2.31. The molecule has 106 valence electrons. The Hall–Kier alpha value is -2.02. The Morgan fingerprint density at radius 1 is 1.40 bits per heavy atom. The molecular formula is C16H21N3O. The molecule has 1 fully saturated rings. The molecule has 1 saturated carbocycles. The number of nitrogens with zero attached hydrogens (tertiary/aromatic N) is 2. The molecule has 0 aromatic heterocycles. The normalized spacial score (nSPS) is 15.4. The second-order valence-corrected chi connectivity index (χ2v) is 5.34. The Kier molecular flexibility index (Phi) is 5.00. The first kappa shape index (κ1) is 14.4. The van der Waals surface area contributed by atoms with E-state index >= 15 is 0 Å². The first-order valence-corrected chi connectivity index (χ1v) is 7.20. The van der Waals surface area contributed by atoms with E-state index in [1.165, 1.54) is 19.3 Å². The molecule has 0 aliphatic heterocycles. The monoisotopic (exact) mass is 271 g/mol. The third kappa shape index (κ3) is 3.74. The summed E-state index contributed by atoms with van der Waals surface area (Å²) in [5.41, 5.74) is 1.41. The van der Waals surface area contributed by atoms with Crippen LogP contribution in [0.5, 0.6) is 0 Å². The van der Waals surface area contributed by atoms with Crippen molar-refractivity contribution in [2.24, 2.45) is 0 Å². The van der Waals surface area contributed by atoms with Crippen LogP contribution in [0, 0.1) is 11.3 Å². The number of hydrogen-bond acceptors (Lipinski definition) is 3. The Bertz CT molecular complexity index is 501. The van der Waals surface area contributed by atoms with E-state index in [0.717, 1.165) is 18.5 Å². The summed E-state index contributed by atoms with van der Waals surface area (Å²) in [6.45, 7) is 0.280. The van der Waals surface area contributed by atoms with E-state index in [-0.39, 0.29) is 12.5 Å². The lowest BCUT2D eigenvalue weighted by Crippen LogP contribution is -2.41. The maximum Gasteiger partial charge on any atom is 0.241 e. The number of carbonyl (C=O) groups excluding carboxylic acids is 1. The summed E-state index contributed by atoms with van der Waals surface area (Å²) in [6.07, 6.45) is 5.97. The molecule has 1 aliphatic rings. The van der Waals surface area contributed by atoms with Gasteiger partial charge in [-0.1, -0.05) is 25.3 Å². The van der Waals surface area contributed by atoms with E-state index < -0.39 is 0 Å². The van der Waals surface area contributed by atoms with Crippen molar-refractivity contribution in [3.8, 4) is 6.07 Å². The molecule has 4 nitrogen and oxygen atoms in total. The standard InChI is InChI=1S/C16H21N3O/c1-19(15-8-3-2-4-9-15)16(20)12-18-14-7-5-6-13(10-14)11-17/h5-7,10,15,18H,2-4,8-9,12H2,1H3. The molecule has 0 radical (unpaired) electrons. The minimum Gasteiger partial charge on any atom is -0.376 e. The second kappa shape index (κ2) is 6.95. The molecule has 20 heavy (non-hydrogen) atoms. The van der Waals surface area contributed by atoms with Crippen LogP contribution in [0.1, 0.15) is 37.7 Å². The van der Waals surface area contributed by atoms with Crippen LogP contribution in [0.3, 0.4) is 0 Å². The van der Waals surface area contributed by atoms with Gasteiger partial charge in [-0.05, 0) is 31.0 Å². The number of hydrogen-bond donors (Lipinski definition) is 1. The number of anilines is 1. The Morgan fingerprint density at radius 2 is 2.15 bits per heavy atom. The largest absolute Gasteiger partial charge is 0.376 e. The predicted molar refractivity (Wildman–Crippen MR) is 79.3 cm³/mol. The molecule has 1 aromatic carbocycles. The van der Waals surface area contributed by atoms with Crippen LogP contribution in [0.4, 0.5) is 5.69 Å². The van der Waals surface area contributed by atoms with Crippen molar-refractivity contribution in [2.75, 3.05) is 18.9 Å². The number of carbonyl (C=O) groups is 1. The number of amides is 1. The average molecular weight is 271 g/mol. The van der Waals surface area contributed by atoms with Crippen LogP contribution in [0.2, 0.25) is 0 Å². The summed E-state index contributed by atoms with van der Waals surface area (Å²) in [6, 6.07) is 9.68. The fourth-order valence-corrected chi connectivity index (χ4v) is 2.67. The fourth-order valence-electron chi connectivity index (χ4n) is 2.67. The van der Waals surface area contributed by atoms with Gasteiger partial charge in [0, 0.05) is 18.8 Å². The Balaban J connectivity index is 1.86. The molecule has 2 rings (SSSR count). The van der Waals surface area contributed by atoms with Gasteiger partial charge < -0.3 is 10.2 Å². The zero-order valence-electron chi connectivity index (χ0n) is 11.9. The molecule has 0 unspecified atom stereocenters. The summed E-state index contributed by atoms with van der Waals surface area (Å²) in [7, 11) is 1.89. The smallest absolute Gasteiger partial charge is 0.241 e. The van der Waals surface area contributed by atoms with Crippen LogP contribution < -0.4 is 5.32 Å². The van der Waals surface area contributed by atoms with Gasteiger partial charge in [0.2, 0.25) is 5.91 Å². The molecule has 1 aliphatic carbocycles. The number of likely N-dealkylation sites (N-methyl/N-ethyl adjacent to an activating group) is 1. The third-order valence-electron chi connectivity index (χ3n) is 3.95. The minimum absolute atomic E-state index is 0.110. The average Bonchev–Trinajstić information content (AvgIpc) is 2.53. The van der Waals surface area contributed by atoms with Gasteiger partial charge in [0.1, 0.15) is 0 Å². The molecule has 0 bridgehead atoms. The summed E-state index contributed by atoms with van der Waals surface area (Å²) < 4.78 is 0. The quantitative estimate of drug-likeness (QED) is 0.916. The van der Waals surface area contributed by atoms with Crippen LogP contribution in [-0.4, -0.2) is 30.4 Å². The molecule has 1 aromatic rings. The molecule has 0 saturated heterocycles. The molecule has 4 heteroatoms. The molecule has 0 spiro atoms. The SMILES string of the molecule is CN(C(=O)CNc1cccc(C#N)c1)C1CCCCC1. The number of nitriles is 1. The lowest BCUT2D eigenvalue weighted by molar-refractivity contribution is -0.130. The topological polar surface area (TPSA) is 56.1 Å². The second-order valence-electron chi connectivity index (χ2n) is 5.34. The van der Waals surface area contributed by atoms with E-state index in [2.05, 4.69) is 11.4 Å². The van der Waals surface area contributed by atoms with Crippen LogP contribution in [0.25, 0.3) is 0 Å². The highest BCUT2D eigenvalue weighted by molar-refractivity contribution is 5.81. The zero-order chi connectivity index (χ0) is 14.4.